The third-order valence-corrected chi connectivity index (χ3v) is 6.22. The number of amides is 1. The average Bonchev–Trinajstić information content (AvgIpc) is 2.59. The maximum Gasteiger partial charge on any atom is 0.262 e. The van der Waals surface area contributed by atoms with E-state index < -0.39 is 26.7 Å². The summed E-state index contributed by atoms with van der Waals surface area (Å²) in [6.07, 6.45) is 1.75. The van der Waals surface area contributed by atoms with Crippen LogP contribution in [0.15, 0.2) is 29.2 Å². The third kappa shape index (κ3) is 5.93. The molecule has 9 heteroatoms. The molecule has 3 N–H and O–H groups in total. The van der Waals surface area contributed by atoms with Crippen molar-refractivity contribution in [2.24, 2.45) is 0 Å². The highest BCUT2D eigenvalue weighted by Gasteiger charge is 2.38. The standard InChI is InChI=1S/C16H22N2O5S2/c1-5-6-11-23-12-7-9-13(10-8-12)25(21,22)18-14(15(19)17-20)16(2,3)24-4/h7-10,14,18,20H,11H2,1-4H3,(H,17,19). The van der Waals surface area contributed by atoms with Gasteiger partial charge in [-0.15, -0.1) is 5.92 Å². The molecule has 1 atom stereocenters. The van der Waals surface area contributed by atoms with Crippen LogP contribution in [0.1, 0.15) is 20.8 Å². The zero-order valence-electron chi connectivity index (χ0n) is 14.5. The number of thioether (sulfide) groups is 1. The Labute approximate surface area is 152 Å². The summed E-state index contributed by atoms with van der Waals surface area (Å²) in [6, 6.07) is 4.60. The Morgan fingerprint density at radius 3 is 2.44 bits per heavy atom. The Balaban J connectivity index is 3.01. The molecule has 7 nitrogen and oxygen atoms in total. The Morgan fingerprint density at radius 2 is 1.96 bits per heavy atom. The molecule has 1 rings (SSSR count). The number of ether oxygens (including phenoxy) is 1. The lowest BCUT2D eigenvalue weighted by Crippen LogP contribution is -2.55. The van der Waals surface area contributed by atoms with Crippen LogP contribution in [0, 0.1) is 11.8 Å². The lowest BCUT2D eigenvalue weighted by molar-refractivity contribution is -0.131. The van der Waals surface area contributed by atoms with E-state index in [1.165, 1.54) is 41.5 Å². The van der Waals surface area contributed by atoms with E-state index in [0.29, 0.717) is 5.75 Å². The first-order valence-electron chi connectivity index (χ1n) is 7.32. The van der Waals surface area contributed by atoms with Crippen LogP contribution in [0.25, 0.3) is 0 Å². The highest BCUT2D eigenvalue weighted by atomic mass is 32.2. The molecular weight excluding hydrogens is 364 g/mol. The van der Waals surface area contributed by atoms with Crippen molar-refractivity contribution >= 4 is 27.7 Å². The van der Waals surface area contributed by atoms with Crippen LogP contribution in [-0.2, 0) is 14.8 Å². The van der Waals surface area contributed by atoms with E-state index in [1.54, 1.807) is 27.0 Å². The summed E-state index contributed by atoms with van der Waals surface area (Å²) >= 11 is 1.30. The SMILES string of the molecule is CC#CCOc1ccc(S(=O)(=O)NC(C(=O)NO)C(C)(C)SC)cc1. The van der Waals surface area contributed by atoms with Crippen LogP contribution < -0.4 is 14.9 Å². The second-order valence-corrected chi connectivity index (χ2v) is 8.70. The Kier molecular flexibility index (Phi) is 7.76. The molecule has 1 unspecified atom stereocenters. The summed E-state index contributed by atoms with van der Waals surface area (Å²) in [5.74, 6) is 5.08. The van der Waals surface area contributed by atoms with Gasteiger partial charge in [0.25, 0.3) is 5.91 Å². The molecule has 25 heavy (non-hydrogen) atoms. The Hall–Kier alpha value is -1.73. The zero-order chi connectivity index (χ0) is 19.1. The molecule has 0 radical (unpaired) electrons. The van der Waals surface area contributed by atoms with Gasteiger partial charge in [0.1, 0.15) is 18.4 Å². The monoisotopic (exact) mass is 386 g/mol. The van der Waals surface area contributed by atoms with E-state index >= 15 is 0 Å². The normalized spacial score (nSPS) is 12.7. The Morgan fingerprint density at radius 1 is 1.36 bits per heavy atom. The van der Waals surface area contributed by atoms with Gasteiger partial charge in [-0.3, -0.25) is 10.0 Å². The van der Waals surface area contributed by atoms with E-state index in [-0.39, 0.29) is 11.5 Å². The largest absolute Gasteiger partial charge is 0.481 e. The smallest absolute Gasteiger partial charge is 0.262 e. The summed E-state index contributed by atoms with van der Waals surface area (Å²) in [5.41, 5.74) is 1.51. The van der Waals surface area contributed by atoms with Gasteiger partial charge in [-0.1, -0.05) is 5.92 Å². The van der Waals surface area contributed by atoms with Crippen LogP contribution >= 0.6 is 11.8 Å². The van der Waals surface area contributed by atoms with Crippen LogP contribution in [0.5, 0.6) is 5.75 Å². The highest BCUT2D eigenvalue weighted by Crippen LogP contribution is 2.27. The van der Waals surface area contributed by atoms with Crippen LogP contribution in [0.2, 0.25) is 0 Å². The highest BCUT2D eigenvalue weighted by molar-refractivity contribution is 8.00. The molecule has 0 saturated heterocycles. The minimum Gasteiger partial charge on any atom is -0.481 e. The van der Waals surface area contributed by atoms with Crippen molar-refractivity contribution in [3.8, 4) is 17.6 Å². The number of rotatable bonds is 8. The molecule has 0 spiro atoms. The third-order valence-electron chi connectivity index (χ3n) is 3.49. The van der Waals surface area contributed by atoms with Gasteiger partial charge in [-0.05, 0) is 51.3 Å². The summed E-state index contributed by atoms with van der Waals surface area (Å²) in [5, 5.41) is 8.90. The number of nitrogens with one attached hydrogen (secondary N) is 2. The van der Waals surface area contributed by atoms with Crippen molar-refractivity contribution in [1.82, 2.24) is 10.2 Å². The van der Waals surface area contributed by atoms with Gasteiger partial charge in [-0.25, -0.2) is 13.9 Å². The number of hydrogen-bond acceptors (Lipinski definition) is 6. The Bertz CT molecular complexity index is 749. The molecule has 1 amide bonds. The fourth-order valence-electron chi connectivity index (χ4n) is 1.82. The summed E-state index contributed by atoms with van der Waals surface area (Å²) in [6.45, 7) is 5.30. The summed E-state index contributed by atoms with van der Waals surface area (Å²) in [7, 11) is -3.97. The maximum atomic E-state index is 12.6. The molecular formula is C16H22N2O5S2. The van der Waals surface area contributed by atoms with Crippen LogP contribution in [0.3, 0.4) is 0 Å². The minimum atomic E-state index is -3.97. The number of carbonyl (C=O) groups is 1. The first-order valence-corrected chi connectivity index (χ1v) is 10.0. The number of benzene rings is 1. The van der Waals surface area contributed by atoms with Gasteiger partial charge in [-0.2, -0.15) is 16.5 Å². The topological polar surface area (TPSA) is 105 Å². The second kappa shape index (κ2) is 9.10. The molecule has 0 aromatic heterocycles. The molecule has 0 aliphatic rings. The molecule has 0 heterocycles. The fraction of sp³-hybridized carbons (Fsp3) is 0.438. The molecule has 0 aliphatic heterocycles. The lowest BCUT2D eigenvalue weighted by atomic mass is 10.0. The molecule has 1 aromatic rings. The van der Waals surface area contributed by atoms with Gasteiger partial charge in [0.05, 0.1) is 4.90 Å². The van der Waals surface area contributed by atoms with Crippen LogP contribution in [0.4, 0.5) is 0 Å². The quantitative estimate of drug-likeness (QED) is 0.354. The van der Waals surface area contributed by atoms with Gasteiger partial charge in [0.15, 0.2) is 0 Å². The van der Waals surface area contributed by atoms with Gasteiger partial charge >= 0.3 is 0 Å². The van der Waals surface area contributed by atoms with E-state index in [1.807, 2.05) is 0 Å². The predicted octanol–water partition coefficient (Wildman–Crippen LogP) is 1.38. The number of hydrogen-bond donors (Lipinski definition) is 3. The van der Waals surface area contributed by atoms with E-state index in [2.05, 4.69) is 16.6 Å². The van der Waals surface area contributed by atoms with Gasteiger partial charge < -0.3 is 4.74 Å². The fourth-order valence-corrected chi connectivity index (χ4v) is 3.64. The maximum absolute atomic E-state index is 12.6. The van der Waals surface area contributed by atoms with Crippen molar-refractivity contribution in [2.45, 2.75) is 36.5 Å². The van der Waals surface area contributed by atoms with Crippen LogP contribution in [-0.4, -0.2) is 43.2 Å². The van der Waals surface area contributed by atoms with E-state index in [9.17, 15) is 13.2 Å². The van der Waals surface area contributed by atoms with E-state index in [0.717, 1.165) is 0 Å². The lowest BCUT2D eigenvalue weighted by Gasteiger charge is -2.31. The molecule has 0 fully saturated rings. The second-order valence-electron chi connectivity index (χ2n) is 5.52. The van der Waals surface area contributed by atoms with Gasteiger partial charge in [0.2, 0.25) is 10.0 Å². The number of sulfonamides is 1. The molecule has 0 aliphatic carbocycles. The minimum absolute atomic E-state index is 0.0194. The van der Waals surface area contributed by atoms with Gasteiger partial charge in [0, 0.05) is 4.75 Å². The number of carbonyl (C=O) groups excluding carboxylic acids is 1. The molecule has 138 valence electrons. The summed E-state index contributed by atoms with van der Waals surface area (Å²) in [4.78, 5) is 11.9. The zero-order valence-corrected chi connectivity index (χ0v) is 16.1. The molecule has 1 aromatic carbocycles. The predicted molar refractivity (Wildman–Crippen MR) is 97.0 cm³/mol. The number of hydroxylamine groups is 1. The van der Waals surface area contributed by atoms with Crippen molar-refractivity contribution in [3.05, 3.63) is 24.3 Å². The van der Waals surface area contributed by atoms with E-state index in [4.69, 9.17) is 9.94 Å². The van der Waals surface area contributed by atoms with Crippen molar-refractivity contribution < 1.29 is 23.2 Å². The summed E-state index contributed by atoms with van der Waals surface area (Å²) < 4.78 is 32.0. The van der Waals surface area contributed by atoms with Crippen molar-refractivity contribution in [1.29, 1.82) is 0 Å². The van der Waals surface area contributed by atoms with Crippen molar-refractivity contribution in [2.75, 3.05) is 12.9 Å². The average molecular weight is 386 g/mol. The molecule has 0 bridgehead atoms. The molecule has 0 saturated carbocycles. The van der Waals surface area contributed by atoms with Crippen molar-refractivity contribution in [3.63, 3.8) is 0 Å². The first-order chi connectivity index (χ1) is 11.7. The first kappa shape index (κ1) is 21.3.